The lowest BCUT2D eigenvalue weighted by molar-refractivity contribution is 0.0623. The summed E-state index contributed by atoms with van der Waals surface area (Å²) in [5.41, 5.74) is 6.58. The summed E-state index contributed by atoms with van der Waals surface area (Å²) in [5.74, 6) is 1.00. The van der Waals surface area contributed by atoms with Crippen molar-refractivity contribution in [1.29, 1.82) is 0 Å². The number of likely N-dealkylation sites (N-methyl/N-ethyl adjacent to an activating group) is 1. The maximum Gasteiger partial charge on any atom is 0.254 e. The number of anilines is 1. The fraction of sp³-hybridized carbons (Fsp3) is 0.647. The van der Waals surface area contributed by atoms with Crippen LogP contribution in [0.25, 0.3) is 0 Å². The Morgan fingerprint density at radius 1 is 1.20 bits per heavy atom. The molecular weight excluding hydrogens is 361 g/mol. The molecule has 1 amide bonds. The van der Waals surface area contributed by atoms with Gasteiger partial charge in [0, 0.05) is 57.1 Å². The van der Waals surface area contributed by atoms with E-state index >= 15 is 0 Å². The van der Waals surface area contributed by atoms with Gasteiger partial charge in [-0.3, -0.25) is 4.79 Å². The molecule has 2 N–H and O–H groups in total. The maximum atomic E-state index is 12.9. The zero-order valence-corrected chi connectivity index (χ0v) is 16.4. The van der Waals surface area contributed by atoms with Gasteiger partial charge in [-0.05, 0) is 38.4 Å². The molecule has 1 unspecified atom stereocenters. The molecule has 1 atom stereocenters. The first-order valence-electron chi connectivity index (χ1n) is 8.59. The second kappa shape index (κ2) is 10.2. The van der Waals surface area contributed by atoms with Crippen molar-refractivity contribution < 1.29 is 4.79 Å². The van der Waals surface area contributed by atoms with Gasteiger partial charge < -0.3 is 20.4 Å². The van der Waals surface area contributed by atoms with Crippen LogP contribution < -0.4 is 10.6 Å². The number of halogens is 2. The molecule has 1 aromatic rings. The minimum atomic E-state index is 0. The first-order chi connectivity index (χ1) is 11.2. The van der Waals surface area contributed by atoms with E-state index in [2.05, 4.69) is 21.8 Å². The number of carbonyl (C=O) groups excluding carboxylic acids is 1. The smallest absolute Gasteiger partial charge is 0.254 e. The van der Waals surface area contributed by atoms with Crippen molar-refractivity contribution in [2.75, 3.05) is 51.2 Å². The van der Waals surface area contributed by atoms with Gasteiger partial charge in [0.25, 0.3) is 5.91 Å². The highest BCUT2D eigenvalue weighted by Crippen LogP contribution is 2.21. The second-order valence-electron chi connectivity index (χ2n) is 6.58. The van der Waals surface area contributed by atoms with Crippen LogP contribution in [0.15, 0.2) is 18.3 Å². The Kier molecular flexibility index (Phi) is 8.93. The summed E-state index contributed by atoms with van der Waals surface area (Å²) in [5, 5.41) is 0. The summed E-state index contributed by atoms with van der Waals surface area (Å²) in [6.45, 7) is 5.32. The van der Waals surface area contributed by atoms with Gasteiger partial charge in [0.15, 0.2) is 0 Å². The highest BCUT2D eigenvalue weighted by molar-refractivity contribution is 5.95. The van der Waals surface area contributed by atoms with Crippen LogP contribution in [0.5, 0.6) is 0 Å². The number of nitrogens with zero attached hydrogens (tertiary/aromatic N) is 4. The SMILES string of the molecule is CN1CCN(c2cc(C(=O)N3CCCCC3CN)ccn2)CC1.Cl.Cl. The van der Waals surface area contributed by atoms with Gasteiger partial charge in [-0.1, -0.05) is 0 Å². The third-order valence-corrected chi connectivity index (χ3v) is 4.98. The Morgan fingerprint density at radius 3 is 2.60 bits per heavy atom. The van der Waals surface area contributed by atoms with E-state index in [-0.39, 0.29) is 36.8 Å². The zero-order valence-electron chi connectivity index (χ0n) is 14.8. The predicted molar refractivity (Wildman–Crippen MR) is 106 cm³/mol. The number of carbonyl (C=O) groups is 1. The Morgan fingerprint density at radius 2 is 1.92 bits per heavy atom. The van der Waals surface area contributed by atoms with Gasteiger partial charge in [0.05, 0.1) is 0 Å². The molecule has 0 spiro atoms. The van der Waals surface area contributed by atoms with Crippen LogP contribution in [0.1, 0.15) is 29.6 Å². The van der Waals surface area contributed by atoms with Crippen molar-refractivity contribution in [1.82, 2.24) is 14.8 Å². The van der Waals surface area contributed by atoms with E-state index in [0.717, 1.165) is 63.4 Å². The van der Waals surface area contributed by atoms with Crippen LogP contribution in [0, 0.1) is 0 Å². The Balaban J connectivity index is 0.00000156. The van der Waals surface area contributed by atoms with Crippen LogP contribution >= 0.6 is 24.8 Å². The van der Waals surface area contributed by atoms with Crippen molar-refractivity contribution in [3.63, 3.8) is 0 Å². The lowest BCUT2D eigenvalue weighted by Gasteiger charge is -2.36. The number of piperazine rings is 1. The third kappa shape index (κ3) is 5.20. The molecule has 142 valence electrons. The predicted octanol–water partition coefficient (Wildman–Crippen LogP) is 1.63. The molecule has 25 heavy (non-hydrogen) atoms. The normalized spacial score (nSPS) is 21.3. The third-order valence-electron chi connectivity index (χ3n) is 4.98. The fourth-order valence-electron chi connectivity index (χ4n) is 3.44. The van der Waals surface area contributed by atoms with Crippen molar-refractivity contribution in [3.05, 3.63) is 23.9 Å². The average molecular weight is 390 g/mol. The minimum Gasteiger partial charge on any atom is -0.354 e. The van der Waals surface area contributed by atoms with Crippen LogP contribution in [-0.2, 0) is 0 Å². The van der Waals surface area contributed by atoms with Crippen LogP contribution in [0.2, 0.25) is 0 Å². The van der Waals surface area contributed by atoms with Crippen LogP contribution in [0.3, 0.4) is 0 Å². The quantitative estimate of drug-likeness (QED) is 0.850. The highest BCUT2D eigenvalue weighted by atomic mass is 35.5. The van der Waals surface area contributed by atoms with E-state index in [1.54, 1.807) is 6.20 Å². The molecule has 2 saturated heterocycles. The molecule has 1 aromatic heterocycles. The first kappa shape index (κ1) is 22.0. The van der Waals surface area contributed by atoms with E-state index in [1.807, 2.05) is 17.0 Å². The van der Waals surface area contributed by atoms with Crippen LogP contribution in [-0.4, -0.2) is 73.0 Å². The largest absolute Gasteiger partial charge is 0.354 e. The zero-order chi connectivity index (χ0) is 16.2. The molecule has 8 heteroatoms. The van der Waals surface area contributed by atoms with Crippen molar-refractivity contribution in [2.24, 2.45) is 5.73 Å². The molecule has 0 aromatic carbocycles. The minimum absolute atomic E-state index is 0. The Bertz CT molecular complexity index is 552. The van der Waals surface area contributed by atoms with Gasteiger partial charge in [-0.25, -0.2) is 4.98 Å². The molecule has 3 heterocycles. The molecule has 2 aliphatic rings. The molecule has 0 bridgehead atoms. The van der Waals surface area contributed by atoms with Crippen molar-refractivity contribution in [2.45, 2.75) is 25.3 Å². The number of aromatic nitrogens is 1. The molecule has 2 aliphatic heterocycles. The molecule has 0 radical (unpaired) electrons. The lowest BCUT2D eigenvalue weighted by atomic mass is 10.0. The fourth-order valence-corrected chi connectivity index (χ4v) is 3.44. The van der Waals surface area contributed by atoms with Crippen LogP contribution in [0.4, 0.5) is 5.82 Å². The number of amides is 1. The van der Waals surface area contributed by atoms with E-state index in [0.29, 0.717) is 6.54 Å². The van der Waals surface area contributed by atoms with E-state index in [4.69, 9.17) is 5.73 Å². The maximum absolute atomic E-state index is 12.9. The molecule has 6 nitrogen and oxygen atoms in total. The van der Waals surface area contributed by atoms with Gasteiger partial charge in [-0.2, -0.15) is 0 Å². The summed E-state index contributed by atoms with van der Waals surface area (Å²) >= 11 is 0. The number of pyridine rings is 1. The topological polar surface area (TPSA) is 65.7 Å². The van der Waals surface area contributed by atoms with Gasteiger partial charge in [0.1, 0.15) is 5.82 Å². The van der Waals surface area contributed by atoms with Gasteiger partial charge in [-0.15, -0.1) is 24.8 Å². The van der Waals surface area contributed by atoms with Gasteiger partial charge in [0.2, 0.25) is 0 Å². The monoisotopic (exact) mass is 389 g/mol. The standard InChI is InChI=1S/C17H27N5O.2ClH/c1-20-8-10-21(11-9-20)16-12-14(5-6-19-16)17(23)22-7-3-2-4-15(22)13-18;;/h5-6,12,15H,2-4,7-11,13,18H2,1H3;2*1H. The first-order valence-corrected chi connectivity index (χ1v) is 8.59. The number of hydrogen-bond acceptors (Lipinski definition) is 5. The van der Waals surface area contributed by atoms with E-state index < -0.39 is 0 Å². The average Bonchev–Trinajstić information content (AvgIpc) is 2.62. The van der Waals surface area contributed by atoms with E-state index in [1.165, 1.54) is 0 Å². The van der Waals surface area contributed by atoms with Crippen molar-refractivity contribution in [3.8, 4) is 0 Å². The second-order valence-corrected chi connectivity index (χ2v) is 6.58. The number of piperidine rings is 1. The molecule has 3 rings (SSSR count). The number of hydrogen-bond donors (Lipinski definition) is 1. The number of nitrogens with two attached hydrogens (primary N) is 1. The van der Waals surface area contributed by atoms with Gasteiger partial charge >= 0.3 is 0 Å². The molecule has 0 saturated carbocycles. The molecule has 0 aliphatic carbocycles. The Hall–Kier alpha value is -1.08. The summed E-state index contributed by atoms with van der Waals surface area (Å²) in [7, 11) is 2.13. The van der Waals surface area contributed by atoms with E-state index in [9.17, 15) is 4.79 Å². The summed E-state index contributed by atoms with van der Waals surface area (Å²) in [4.78, 5) is 23.9. The molecular formula is C17H29Cl2N5O. The number of rotatable bonds is 3. The molecule has 2 fully saturated rings. The summed E-state index contributed by atoms with van der Waals surface area (Å²) in [6, 6.07) is 3.94. The summed E-state index contributed by atoms with van der Waals surface area (Å²) < 4.78 is 0. The number of likely N-dealkylation sites (tertiary alicyclic amines) is 1. The lowest BCUT2D eigenvalue weighted by Crippen LogP contribution is -2.47. The van der Waals surface area contributed by atoms with Crippen molar-refractivity contribution >= 4 is 36.5 Å². The highest BCUT2D eigenvalue weighted by Gasteiger charge is 2.27. The summed E-state index contributed by atoms with van der Waals surface area (Å²) in [6.07, 6.45) is 4.99. The Labute approximate surface area is 162 Å².